The van der Waals surface area contributed by atoms with E-state index < -0.39 is 11.5 Å². The molecule has 1 rings (SSSR count). The van der Waals surface area contributed by atoms with E-state index in [1.54, 1.807) is 13.0 Å². The number of thiocarbonyl (C=S) groups is 1. The largest absolute Gasteiger partial charge is 0.479 e. The average Bonchev–Trinajstić information content (AvgIpc) is 2.28. The first-order valence-electron chi connectivity index (χ1n) is 5.66. The molecular weight excluding hydrogens is 246 g/mol. The number of carboxylic acid groups (broad SMARTS) is 1. The van der Waals surface area contributed by atoms with Crippen molar-refractivity contribution in [2.24, 2.45) is 4.99 Å². The minimum absolute atomic E-state index is 0.162. The highest BCUT2D eigenvalue weighted by Crippen LogP contribution is 2.35. The van der Waals surface area contributed by atoms with Crippen LogP contribution in [0.5, 0.6) is 0 Å². The second kappa shape index (κ2) is 5.01. The Labute approximate surface area is 113 Å². The number of hydrogen-bond acceptors (Lipinski definition) is 3. The van der Waals surface area contributed by atoms with Gasteiger partial charge in [-0.2, -0.15) is 0 Å². The van der Waals surface area contributed by atoms with Crippen molar-refractivity contribution in [1.82, 2.24) is 0 Å². The molecule has 0 aliphatic rings. The van der Waals surface area contributed by atoms with Crippen LogP contribution in [0.15, 0.2) is 29.3 Å². The number of benzene rings is 1. The Morgan fingerprint density at radius 2 is 1.72 bits per heavy atom. The lowest BCUT2D eigenvalue weighted by Gasteiger charge is -2.28. The molecule has 1 aromatic rings. The standard InChI is InChI=1S/C14H17NO2S/c1-13(2,3)10-7-5-6-8-11(10)14(4,12(16)17)15-9-18/h5-8H,1-4H3,(H,16,17). The summed E-state index contributed by atoms with van der Waals surface area (Å²) in [4.78, 5) is 15.4. The molecule has 3 nitrogen and oxygen atoms in total. The minimum atomic E-state index is -1.38. The third-order valence-electron chi connectivity index (χ3n) is 2.95. The molecule has 0 fully saturated rings. The van der Waals surface area contributed by atoms with Gasteiger partial charge in [-0.1, -0.05) is 45.0 Å². The second-order valence-corrected chi connectivity index (χ2v) is 5.56. The predicted octanol–water partition coefficient (Wildman–Crippen LogP) is 3.39. The van der Waals surface area contributed by atoms with Crippen LogP contribution >= 0.6 is 12.2 Å². The molecule has 18 heavy (non-hydrogen) atoms. The topological polar surface area (TPSA) is 49.7 Å². The minimum Gasteiger partial charge on any atom is -0.479 e. The van der Waals surface area contributed by atoms with Gasteiger partial charge < -0.3 is 5.11 Å². The van der Waals surface area contributed by atoms with Gasteiger partial charge in [0.25, 0.3) is 0 Å². The molecule has 1 N–H and O–H groups in total. The monoisotopic (exact) mass is 263 g/mol. The summed E-state index contributed by atoms with van der Waals surface area (Å²) in [6.07, 6.45) is 0. The van der Waals surface area contributed by atoms with Gasteiger partial charge in [-0.25, -0.2) is 9.79 Å². The lowest BCUT2D eigenvalue weighted by molar-refractivity contribution is -0.142. The van der Waals surface area contributed by atoms with Crippen LogP contribution in [-0.4, -0.2) is 16.2 Å². The first-order chi connectivity index (χ1) is 8.23. The quantitative estimate of drug-likeness (QED) is 0.671. The summed E-state index contributed by atoms with van der Waals surface area (Å²) in [6.45, 7) is 7.65. The van der Waals surface area contributed by atoms with Gasteiger partial charge in [0.15, 0.2) is 5.54 Å². The van der Waals surface area contributed by atoms with Crippen LogP contribution in [0.4, 0.5) is 0 Å². The van der Waals surface area contributed by atoms with Crippen molar-refractivity contribution in [2.45, 2.75) is 38.6 Å². The molecule has 0 heterocycles. The molecule has 1 aromatic carbocycles. The van der Waals surface area contributed by atoms with Gasteiger partial charge in [0.2, 0.25) is 0 Å². The zero-order valence-corrected chi connectivity index (χ0v) is 11.8. The number of hydrogen-bond donors (Lipinski definition) is 1. The number of isothiocyanates is 1. The molecule has 0 saturated heterocycles. The van der Waals surface area contributed by atoms with Gasteiger partial charge in [0.1, 0.15) is 0 Å². The number of aliphatic carboxylic acids is 1. The zero-order valence-electron chi connectivity index (χ0n) is 11.0. The Hall–Kier alpha value is -1.51. The van der Waals surface area contributed by atoms with Crippen LogP contribution in [0.2, 0.25) is 0 Å². The molecular formula is C14H17NO2S. The molecule has 0 aliphatic carbocycles. The molecule has 0 bridgehead atoms. The molecule has 0 amide bonds. The second-order valence-electron chi connectivity index (χ2n) is 5.38. The van der Waals surface area contributed by atoms with E-state index >= 15 is 0 Å². The highest BCUT2D eigenvalue weighted by molar-refractivity contribution is 7.78. The molecule has 4 heteroatoms. The fourth-order valence-electron chi connectivity index (χ4n) is 1.88. The summed E-state index contributed by atoms with van der Waals surface area (Å²) in [7, 11) is 0. The van der Waals surface area contributed by atoms with E-state index in [-0.39, 0.29) is 5.41 Å². The Kier molecular flexibility index (Phi) is 4.05. The van der Waals surface area contributed by atoms with Crippen LogP contribution in [0.3, 0.4) is 0 Å². The number of rotatable bonds is 3. The number of carbonyl (C=O) groups is 1. The Morgan fingerprint density at radius 3 is 2.11 bits per heavy atom. The van der Waals surface area contributed by atoms with E-state index in [0.717, 1.165) is 5.56 Å². The maximum atomic E-state index is 11.5. The lowest BCUT2D eigenvalue weighted by Crippen LogP contribution is -2.33. The summed E-state index contributed by atoms with van der Waals surface area (Å²) in [5.41, 5.74) is 0.0573. The number of nitrogens with zero attached hydrogens (tertiary/aromatic N) is 1. The van der Waals surface area contributed by atoms with Gasteiger partial charge in [-0.15, -0.1) is 0 Å². The highest BCUT2D eigenvalue weighted by Gasteiger charge is 2.38. The van der Waals surface area contributed by atoms with Crippen molar-refractivity contribution < 1.29 is 9.90 Å². The maximum absolute atomic E-state index is 11.5. The fraction of sp³-hybridized carbons (Fsp3) is 0.429. The summed E-state index contributed by atoms with van der Waals surface area (Å²) < 4.78 is 0. The molecule has 0 saturated carbocycles. The van der Waals surface area contributed by atoms with Crippen LogP contribution in [0, 0.1) is 0 Å². The number of carboxylic acids is 1. The van der Waals surface area contributed by atoms with Crippen LogP contribution in [0.25, 0.3) is 0 Å². The van der Waals surface area contributed by atoms with Crippen molar-refractivity contribution in [1.29, 1.82) is 0 Å². The van der Waals surface area contributed by atoms with Crippen molar-refractivity contribution in [3.8, 4) is 0 Å². The summed E-state index contributed by atoms with van der Waals surface area (Å²) in [5.74, 6) is -1.03. The van der Waals surface area contributed by atoms with Crippen LogP contribution in [0.1, 0.15) is 38.8 Å². The van der Waals surface area contributed by atoms with Gasteiger partial charge >= 0.3 is 5.97 Å². The molecule has 0 radical (unpaired) electrons. The van der Waals surface area contributed by atoms with Crippen LogP contribution in [-0.2, 0) is 15.7 Å². The normalized spacial score (nSPS) is 14.4. The third kappa shape index (κ3) is 2.66. The average molecular weight is 263 g/mol. The Balaban J connectivity index is 3.58. The molecule has 96 valence electrons. The van der Waals surface area contributed by atoms with E-state index in [9.17, 15) is 9.90 Å². The van der Waals surface area contributed by atoms with Crippen LogP contribution < -0.4 is 0 Å². The predicted molar refractivity (Wildman–Crippen MR) is 75.2 cm³/mol. The SMILES string of the molecule is CC(C)(C)c1ccccc1C(C)(N=C=S)C(=O)O. The van der Waals surface area contributed by atoms with Gasteiger partial charge in [-0.05, 0) is 35.7 Å². The lowest BCUT2D eigenvalue weighted by atomic mass is 9.78. The first-order valence-corrected chi connectivity index (χ1v) is 6.06. The van der Waals surface area contributed by atoms with E-state index in [2.05, 4.69) is 22.4 Å². The Morgan fingerprint density at radius 1 is 1.22 bits per heavy atom. The Bertz CT molecular complexity index is 509. The fourth-order valence-corrected chi connectivity index (χ4v) is 2.06. The van der Waals surface area contributed by atoms with E-state index in [4.69, 9.17) is 0 Å². The molecule has 0 aromatic heterocycles. The van der Waals surface area contributed by atoms with Crippen molar-refractivity contribution in [2.75, 3.05) is 0 Å². The van der Waals surface area contributed by atoms with Crippen molar-refractivity contribution in [3.63, 3.8) is 0 Å². The van der Waals surface area contributed by atoms with Gasteiger partial charge in [-0.3, -0.25) is 0 Å². The van der Waals surface area contributed by atoms with E-state index in [0.29, 0.717) is 5.56 Å². The highest BCUT2D eigenvalue weighted by atomic mass is 32.1. The summed E-state index contributed by atoms with van der Waals surface area (Å²) in [6, 6.07) is 7.42. The third-order valence-corrected chi connectivity index (χ3v) is 3.04. The molecule has 1 unspecified atom stereocenters. The summed E-state index contributed by atoms with van der Waals surface area (Å²) >= 11 is 4.58. The van der Waals surface area contributed by atoms with Gasteiger partial charge in [0.05, 0.1) is 5.16 Å². The van der Waals surface area contributed by atoms with E-state index in [1.165, 1.54) is 0 Å². The van der Waals surface area contributed by atoms with Gasteiger partial charge in [0, 0.05) is 0 Å². The zero-order chi connectivity index (χ0) is 14.0. The van der Waals surface area contributed by atoms with Crippen molar-refractivity contribution >= 4 is 23.3 Å². The van der Waals surface area contributed by atoms with Crippen molar-refractivity contribution in [3.05, 3.63) is 35.4 Å². The molecule has 0 spiro atoms. The molecule has 0 aliphatic heterocycles. The number of aliphatic imine (C=N–C) groups is 1. The smallest absolute Gasteiger partial charge is 0.336 e. The first kappa shape index (κ1) is 14.6. The van der Waals surface area contributed by atoms with E-state index in [1.807, 2.05) is 39.0 Å². The summed E-state index contributed by atoms with van der Waals surface area (Å²) in [5, 5.41) is 11.6. The molecule has 1 atom stereocenters. The maximum Gasteiger partial charge on any atom is 0.336 e.